The van der Waals surface area contributed by atoms with Gasteiger partial charge in [-0.05, 0) is 47.9 Å². The van der Waals surface area contributed by atoms with Gasteiger partial charge in [-0.15, -0.1) is 11.8 Å². The van der Waals surface area contributed by atoms with Crippen molar-refractivity contribution in [1.82, 2.24) is 5.32 Å². The molecule has 8 heteroatoms. The summed E-state index contributed by atoms with van der Waals surface area (Å²) < 4.78 is 31.7. The zero-order chi connectivity index (χ0) is 23.8. The van der Waals surface area contributed by atoms with Crippen LogP contribution in [0.1, 0.15) is 39.2 Å². The van der Waals surface area contributed by atoms with Crippen molar-refractivity contribution in [3.63, 3.8) is 0 Å². The highest BCUT2D eigenvalue weighted by atomic mass is 32.2. The molecule has 1 amide bonds. The summed E-state index contributed by atoms with van der Waals surface area (Å²) in [6, 6.07) is 15.4. The number of nitrogens with one attached hydrogen (secondary N) is 1. The van der Waals surface area contributed by atoms with Gasteiger partial charge in [0.15, 0.2) is 0 Å². The third kappa shape index (κ3) is 8.06. The molecule has 0 heterocycles. The van der Waals surface area contributed by atoms with Crippen molar-refractivity contribution in [1.29, 1.82) is 0 Å². The van der Waals surface area contributed by atoms with Crippen LogP contribution in [0, 0.1) is 0 Å². The summed E-state index contributed by atoms with van der Waals surface area (Å²) in [5, 5.41) is 2.83. The number of hydrogen-bond acceptors (Lipinski definition) is 5. The molecule has 0 saturated heterocycles. The minimum absolute atomic E-state index is 0.0939. The average Bonchev–Trinajstić information content (AvgIpc) is 2.73. The van der Waals surface area contributed by atoms with Gasteiger partial charge in [-0.1, -0.05) is 45.0 Å². The van der Waals surface area contributed by atoms with Crippen LogP contribution in [0.15, 0.2) is 53.4 Å². The number of carbonyl (C=O) groups excluding carboxylic acids is 1. The fraction of sp³-hybridized carbons (Fsp3) is 0.458. The number of benzene rings is 2. The summed E-state index contributed by atoms with van der Waals surface area (Å²) >= 11 is 1.49. The fourth-order valence-corrected chi connectivity index (χ4v) is 4.82. The lowest BCUT2D eigenvalue weighted by Gasteiger charge is -2.24. The number of nitrogens with zero attached hydrogens (tertiary/aromatic N) is 1. The molecule has 0 aliphatic rings. The van der Waals surface area contributed by atoms with E-state index in [1.165, 1.54) is 27.9 Å². The van der Waals surface area contributed by atoms with Crippen LogP contribution in [-0.2, 0) is 20.2 Å². The highest BCUT2D eigenvalue weighted by Gasteiger charge is 2.20. The molecular weight excluding hydrogens is 444 g/mol. The summed E-state index contributed by atoms with van der Waals surface area (Å²) in [6.45, 7) is 7.50. The average molecular weight is 479 g/mol. The maximum absolute atomic E-state index is 12.3. The third-order valence-electron chi connectivity index (χ3n) is 4.93. The van der Waals surface area contributed by atoms with Crippen LogP contribution in [0.5, 0.6) is 5.75 Å². The second-order valence-corrected chi connectivity index (χ2v) is 11.3. The summed E-state index contributed by atoms with van der Waals surface area (Å²) in [6.07, 6.45) is 3.77. The van der Waals surface area contributed by atoms with E-state index in [1.807, 2.05) is 36.6 Å². The number of para-hydroxylation sites is 1. The Labute approximate surface area is 196 Å². The standard InChI is InChI=1S/C24H34N2O4S2/c1-24(2,3)19-12-14-20(15-13-19)30-18-16-25-23(27)11-8-17-26(32(5,28)29)21-9-6-7-10-22(21)31-4/h6-7,9-10,12-15H,8,11,16-18H2,1-5H3,(H,25,27). The van der Waals surface area contributed by atoms with E-state index in [0.717, 1.165) is 10.6 Å². The van der Waals surface area contributed by atoms with E-state index in [2.05, 4.69) is 38.2 Å². The molecule has 2 aromatic rings. The van der Waals surface area contributed by atoms with E-state index < -0.39 is 10.0 Å². The van der Waals surface area contributed by atoms with Crippen LogP contribution in [0.3, 0.4) is 0 Å². The highest BCUT2D eigenvalue weighted by molar-refractivity contribution is 7.99. The number of sulfonamides is 1. The Balaban J connectivity index is 1.77. The summed E-state index contributed by atoms with van der Waals surface area (Å²) in [7, 11) is -3.44. The Kier molecular flexibility index (Phi) is 9.46. The van der Waals surface area contributed by atoms with E-state index in [4.69, 9.17) is 4.74 Å². The van der Waals surface area contributed by atoms with E-state index in [1.54, 1.807) is 6.07 Å². The second kappa shape index (κ2) is 11.6. The smallest absolute Gasteiger partial charge is 0.232 e. The van der Waals surface area contributed by atoms with Gasteiger partial charge in [0.25, 0.3) is 0 Å². The Bertz CT molecular complexity index is 984. The first-order chi connectivity index (χ1) is 15.0. The molecule has 6 nitrogen and oxygen atoms in total. The van der Waals surface area contributed by atoms with E-state index in [-0.39, 0.29) is 24.3 Å². The molecule has 0 saturated carbocycles. The van der Waals surface area contributed by atoms with Crippen molar-refractivity contribution in [2.24, 2.45) is 0 Å². The lowest BCUT2D eigenvalue weighted by Crippen LogP contribution is -2.33. The Morgan fingerprint density at radius 2 is 1.75 bits per heavy atom. The van der Waals surface area contributed by atoms with Crippen molar-refractivity contribution >= 4 is 33.4 Å². The minimum Gasteiger partial charge on any atom is -0.492 e. The lowest BCUT2D eigenvalue weighted by molar-refractivity contribution is -0.121. The molecule has 0 aliphatic carbocycles. The zero-order valence-corrected chi connectivity index (χ0v) is 21.2. The molecule has 0 bridgehead atoms. The monoisotopic (exact) mass is 478 g/mol. The molecule has 0 atom stereocenters. The molecule has 2 aromatic carbocycles. The van der Waals surface area contributed by atoms with Crippen molar-refractivity contribution < 1.29 is 17.9 Å². The van der Waals surface area contributed by atoms with Gasteiger partial charge >= 0.3 is 0 Å². The third-order valence-corrected chi connectivity index (χ3v) is 6.90. The van der Waals surface area contributed by atoms with Gasteiger partial charge in [-0.25, -0.2) is 8.42 Å². The van der Waals surface area contributed by atoms with Crippen molar-refractivity contribution in [2.75, 3.05) is 36.5 Å². The van der Waals surface area contributed by atoms with Crippen LogP contribution in [0.25, 0.3) is 0 Å². The van der Waals surface area contributed by atoms with E-state index in [0.29, 0.717) is 25.3 Å². The molecule has 1 N–H and O–H groups in total. The molecule has 0 unspecified atom stereocenters. The van der Waals surface area contributed by atoms with Gasteiger partial charge in [-0.3, -0.25) is 9.10 Å². The summed E-state index contributed by atoms with van der Waals surface area (Å²) in [5.41, 5.74) is 1.98. The normalized spacial score (nSPS) is 11.8. The number of rotatable bonds is 11. The molecule has 0 aliphatic heterocycles. The number of amides is 1. The van der Waals surface area contributed by atoms with Crippen molar-refractivity contribution in [3.8, 4) is 5.75 Å². The number of carbonyl (C=O) groups is 1. The summed E-state index contributed by atoms with van der Waals surface area (Å²) in [5.74, 6) is 0.645. The molecular formula is C24H34N2O4S2. The van der Waals surface area contributed by atoms with Gasteiger partial charge in [0.2, 0.25) is 15.9 Å². The van der Waals surface area contributed by atoms with Gasteiger partial charge < -0.3 is 10.1 Å². The van der Waals surface area contributed by atoms with Gasteiger partial charge in [0.05, 0.1) is 18.5 Å². The Morgan fingerprint density at radius 1 is 1.09 bits per heavy atom. The second-order valence-electron chi connectivity index (χ2n) is 8.58. The van der Waals surface area contributed by atoms with Gasteiger partial charge in [0, 0.05) is 17.9 Å². The summed E-state index contributed by atoms with van der Waals surface area (Å²) in [4.78, 5) is 13.0. The van der Waals surface area contributed by atoms with Crippen LogP contribution in [-0.4, -0.2) is 46.5 Å². The molecule has 0 spiro atoms. The van der Waals surface area contributed by atoms with Gasteiger partial charge in [0.1, 0.15) is 12.4 Å². The number of ether oxygens (including phenoxy) is 1. The largest absolute Gasteiger partial charge is 0.492 e. The molecule has 32 heavy (non-hydrogen) atoms. The van der Waals surface area contributed by atoms with Crippen molar-refractivity contribution in [2.45, 2.75) is 43.9 Å². The molecule has 0 radical (unpaired) electrons. The number of thioether (sulfide) groups is 1. The van der Waals surface area contributed by atoms with Crippen molar-refractivity contribution in [3.05, 3.63) is 54.1 Å². The molecule has 0 aromatic heterocycles. The first-order valence-corrected chi connectivity index (χ1v) is 13.7. The number of anilines is 1. The number of hydrogen-bond donors (Lipinski definition) is 1. The van der Waals surface area contributed by atoms with Gasteiger partial charge in [-0.2, -0.15) is 0 Å². The lowest BCUT2D eigenvalue weighted by atomic mass is 9.87. The Hall–Kier alpha value is -2.19. The highest BCUT2D eigenvalue weighted by Crippen LogP contribution is 2.30. The first kappa shape index (κ1) is 26.1. The SMILES string of the molecule is CSc1ccccc1N(CCCC(=O)NCCOc1ccc(C(C)(C)C)cc1)S(C)(=O)=O. The van der Waals surface area contributed by atoms with Crippen LogP contribution >= 0.6 is 11.8 Å². The minimum atomic E-state index is -3.44. The maximum atomic E-state index is 12.3. The van der Waals surface area contributed by atoms with Crippen LogP contribution in [0.2, 0.25) is 0 Å². The topological polar surface area (TPSA) is 75.7 Å². The Morgan fingerprint density at radius 3 is 2.34 bits per heavy atom. The predicted octanol–water partition coefficient (Wildman–Crippen LogP) is 4.45. The molecule has 2 rings (SSSR count). The van der Waals surface area contributed by atoms with E-state index >= 15 is 0 Å². The van der Waals surface area contributed by atoms with Crippen LogP contribution in [0.4, 0.5) is 5.69 Å². The zero-order valence-electron chi connectivity index (χ0n) is 19.6. The quantitative estimate of drug-likeness (QED) is 0.382. The molecule has 176 valence electrons. The fourth-order valence-electron chi connectivity index (χ4n) is 3.18. The predicted molar refractivity (Wildman–Crippen MR) is 133 cm³/mol. The van der Waals surface area contributed by atoms with E-state index in [9.17, 15) is 13.2 Å². The van der Waals surface area contributed by atoms with Crippen LogP contribution < -0.4 is 14.4 Å². The maximum Gasteiger partial charge on any atom is 0.232 e. The first-order valence-electron chi connectivity index (χ1n) is 10.6. The molecule has 0 fully saturated rings.